The summed E-state index contributed by atoms with van der Waals surface area (Å²) in [6.45, 7) is 2.94. The standard InChI is InChI=1S/C15H18ClN3/c1-10-12(9-18-19-10)8-17-13-6-11(7-13)14-4-2-3-5-15(14)16/h2-5,9,11,13,17H,6-8H2,1H3,(H,18,19). The average Bonchev–Trinajstić information content (AvgIpc) is 2.75. The van der Waals surface area contributed by atoms with Crippen molar-refractivity contribution < 1.29 is 0 Å². The maximum atomic E-state index is 6.23. The Balaban J connectivity index is 1.51. The molecule has 1 aliphatic rings. The second-order valence-electron chi connectivity index (χ2n) is 5.29. The summed E-state index contributed by atoms with van der Waals surface area (Å²) in [7, 11) is 0. The molecule has 1 heterocycles. The predicted octanol–water partition coefficient (Wildman–Crippen LogP) is 3.41. The molecule has 0 atom stereocenters. The number of hydrogen-bond donors (Lipinski definition) is 2. The molecule has 1 aromatic heterocycles. The lowest BCUT2D eigenvalue weighted by Crippen LogP contribution is -2.39. The highest BCUT2D eigenvalue weighted by Gasteiger charge is 2.30. The number of halogens is 1. The van der Waals surface area contributed by atoms with Gasteiger partial charge in [-0.05, 0) is 37.3 Å². The molecule has 0 spiro atoms. The number of nitrogens with one attached hydrogen (secondary N) is 2. The number of nitrogens with zero attached hydrogens (tertiary/aromatic N) is 1. The van der Waals surface area contributed by atoms with E-state index >= 15 is 0 Å². The van der Waals surface area contributed by atoms with Gasteiger partial charge in [-0.15, -0.1) is 0 Å². The molecule has 0 saturated heterocycles. The lowest BCUT2D eigenvalue weighted by molar-refractivity contribution is 0.289. The Morgan fingerprint density at radius 3 is 2.84 bits per heavy atom. The van der Waals surface area contributed by atoms with E-state index in [-0.39, 0.29) is 0 Å². The van der Waals surface area contributed by atoms with Gasteiger partial charge in [0.25, 0.3) is 0 Å². The first-order valence-corrected chi connectivity index (χ1v) is 7.08. The van der Waals surface area contributed by atoms with Crippen LogP contribution in [0.25, 0.3) is 0 Å². The second-order valence-corrected chi connectivity index (χ2v) is 5.70. The number of aryl methyl sites for hydroxylation is 1. The van der Waals surface area contributed by atoms with E-state index in [1.807, 2.05) is 18.3 Å². The van der Waals surface area contributed by atoms with Crippen molar-refractivity contribution in [3.63, 3.8) is 0 Å². The summed E-state index contributed by atoms with van der Waals surface area (Å²) in [4.78, 5) is 0. The molecule has 19 heavy (non-hydrogen) atoms. The Morgan fingerprint density at radius 2 is 2.16 bits per heavy atom. The van der Waals surface area contributed by atoms with Crippen LogP contribution in [0.1, 0.15) is 35.6 Å². The number of H-pyrrole nitrogens is 1. The fraction of sp³-hybridized carbons (Fsp3) is 0.400. The summed E-state index contributed by atoms with van der Waals surface area (Å²) in [6.07, 6.45) is 4.23. The summed E-state index contributed by atoms with van der Waals surface area (Å²) in [5, 5.41) is 11.5. The van der Waals surface area contributed by atoms with Crippen molar-refractivity contribution in [2.45, 2.75) is 38.3 Å². The van der Waals surface area contributed by atoms with E-state index in [0.717, 1.165) is 17.3 Å². The molecule has 0 amide bonds. The van der Waals surface area contributed by atoms with Crippen molar-refractivity contribution in [2.24, 2.45) is 0 Å². The summed E-state index contributed by atoms with van der Waals surface area (Å²) in [5.41, 5.74) is 3.69. The quantitative estimate of drug-likeness (QED) is 0.898. The smallest absolute Gasteiger partial charge is 0.0535 e. The molecular weight excluding hydrogens is 258 g/mol. The molecule has 2 N–H and O–H groups in total. The first-order valence-electron chi connectivity index (χ1n) is 6.70. The molecule has 1 saturated carbocycles. The van der Waals surface area contributed by atoms with Gasteiger partial charge >= 0.3 is 0 Å². The number of hydrogen-bond acceptors (Lipinski definition) is 2. The van der Waals surface area contributed by atoms with Crippen LogP contribution < -0.4 is 5.32 Å². The van der Waals surface area contributed by atoms with Crippen LogP contribution in [0.5, 0.6) is 0 Å². The molecule has 3 rings (SSSR count). The van der Waals surface area contributed by atoms with Gasteiger partial charge in [0.1, 0.15) is 0 Å². The second kappa shape index (κ2) is 5.35. The first kappa shape index (κ1) is 12.7. The average molecular weight is 276 g/mol. The number of aromatic amines is 1. The Kier molecular flexibility index (Phi) is 3.58. The number of rotatable bonds is 4. The van der Waals surface area contributed by atoms with Crippen molar-refractivity contribution in [1.82, 2.24) is 15.5 Å². The molecule has 1 aromatic carbocycles. The molecule has 2 aromatic rings. The van der Waals surface area contributed by atoms with Gasteiger partial charge in [-0.1, -0.05) is 29.8 Å². The zero-order chi connectivity index (χ0) is 13.2. The van der Waals surface area contributed by atoms with Crippen LogP contribution in [0.3, 0.4) is 0 Å². The molecule has 3 nitrogen and oxygen atoms in total. The molecule has 0 radical (unpaired) electrons. The predicted molar refractivity (Wildman–Crippen MR) is 77.4 cm³/mol. The van der Waals surface area contributed by atoms with Crippen molar-refractivity contribution in [2.75, 3.05) is 0 Å². The number of aromatic nitrogens is 2. The van der Waals surface area contributed by atoms with E-state index in [4.69, 9.17) is 11.6 Å². The summed E-state index contributed by atoms with van der Waals surface area (Å²) >= 11 is 6.23. The van der Waals surface area contributed by atoms with E-state index in [9.17, 15) is 0 Å². The Bertz CT molecular complexity index is 558. The van der Waals surface area contributed by atoms with Gasteiger partial charge in [0.05, 0.1) is 6.20 Å². The fourth-order valence-electron chi connectivity index (χ4n) is 2.65. The van der Waals surface area contributed by atoms with Crippen LogP contribution in [0.15, 0.2) is 30.5 Å². The van der Waals surface area contributed by atoms with Gasteiger partial charge in [-0.25, -0.2) is 0 Å². The minimum atomic E-state index is 0.593. The highest BCUT2D eigenvalue weighted by Crippen LogP contribution is 2.39. The molecule has 1 aliphatic carbocycles. The fourth-order valence-corrected chi connectivity index (χ4v) is 2.94. The molecule has 0 aliphatic heterocycles. The lowest BCUT2D eigenvalue weighted by Gasteiger charge is -2.36. The molecule has 4 heteroatoms. The van der Waals surface area contributed by atoms with Gasteiger partial charge in [-0.2, -0.15) is 5.10 Å². The van der Waals surface area contributed by atoms with Gasteiger partial charge in [0, 0.05) is 28.9 Å². The first-order chi connectivity index (χ1) is 9.24. The third-order valence-electron chi connectivity index (χ3n) is 4.00. The van der Waals surface area contributed by atoms with Crippen LogP contribution in [0.4, 0.5) is 0 Å². The van der Waals surface area contributed by atoms with Crippen LogP contribution >= 0.6 is 11.6 Å². The largest absolute Gasteiger partial charge is 0.310 e. The van der Waals surface area contributed by atoms with E-state index in [0.29, 0.717) is 12.0 Å². The van der Waals surface area contributed by atoms with Crippen molar-refractivity contribution in [3.05, 3.63) is 52.3 Å². The highest BCUT2D eigenvalue weighted by atomic mass is 35.5. The van der Waals surface area contributed by atoms with E-state index in [1.165, 1.54) is 24.0 Å². The van der Waals surface area contributed by atoms with Gasteiger partial charge in [-0.3, -0.25) is 5.10 Å². The maximum Gasteiger partial charge on any atom is 0.0535 e. The molecule has 0 unspecified atom stereocenters. The van der Waals surface area contributed by atoms with E-state index < -0.39 is 0 Å². The molecule has 0 bridgehead atoms. The Hall–Kier alpha value is -1.32. The maximum absolute atomic E-state index is 6.23. The van der Waals surface area contributed by atoms with Crippen LogP contribution in [-0.4, -0.2) is 16.2 Å². The van der Waals surface area contributed by atoms with Crippen LogP contribution in [0, 0.1) is 6.92 Å². The van der Waals surface area contributed by atoms with Gasteiger partial charge < -0.3 is 5.32 Å². The molecule has 100 valence electrons. The van der Waals surface area contributed by atoms with Crippen molar-refractivity contribution >= 4 is 11.6 Å². The zero-order valence-electron chi connectivity index (χ0n) is 11.0. The van der Waals surface area contributed by atoms with Crippen LogP contribution in [-0.2, 0) is 6.54 Å². The summed E-state index contributed by atoms with van der Waals surface area (Å²) in [5.74, 6) is 0.608. The molecule has 1 fully saturated rings. The Morgan fingerprint density at radius 1 is 1.37 bits per heavy atom. The van der Waals surface area contributed by atoms with Gasteiger partial charge in [0.2, 0.25) is 0 Å². The minimum absolute atomic E-state index is 0.593. The normalized spacial score (nSPS) is 22.2. The van der Waals surface area contributed by atoms with Crippen molar-refractivity contribution in [1.29, 1.82) is 0 Å². The van der Waals surface area contributed by atoms with Gasteiger partial charge in [0.15, 0.2) is 0 Å². The zero-order valence-corrected chi connectivity index (χ0v) is 11.7. The summed E-state index contributed by atoms with van der Waals surface area (Å²) < 4.78 is 0. The molecular formula is C15H18ClN3. The summed E-state index contributed by atoms with van der Waals surface area (Å²) in [6, 6.07) is 8.77. The topological polar surface area (TPSA) is 40.7 Å². The monoisotopic (exact) mass is 275 g/mol. The third-order valence-corrected chi connectivity index (χ3v) is 4.34. The SMILES string of the molecule is Cc1[nH]ncc1CNC1CC(c2ccccc2Cl)C1. The number of benzene rings is 1. The Labute approximate surface area is 118 Å². The highest BCUT2D eigenvalue weighted by molar-refractivity contribution is 6.31. The van der Waals surface area contributed by atoms with E-state index in [2.05, 4.69) is 34.6 Å². The van der Waals surface area contributed by atoms with Crippen molar-refractivity contribution in [3.8, 4) is 0 Å². The van der Waals surface area contributed by atoms with Crippen LogP contribution in [0.2, 0.25) is 5.02 Å². The third kappa shape index (κ3) is 2.67. The van der Waals surface area contributed by atoms with E-state index in [1.54, 1.807) is 0 Å². The lowest BCUT2D eigenvalue weighted by atomic mass is 9.76. The minimum Gasteiger partial charge on any atom is -0.310 e.